The third kappa shape index (κ3) is 3.94. The van der Waals surface area contributed by atoms with Crippen LogP contribution in [0.15, 0.2) is 12.1 Å². The molecule has 1 unspecified atom stereocenters. The topological polar surface area (TPSA) is 80.0 Å². The lowest BCUT2D eigenvalue weighted by Gasteiger charge is -2.34. The van der Waals surface area contributed by atoms with Gasteiger partial charge in [-0.25, -0.2) is 4.79 Å². The summed E-state index contributed by atoms with van der Waals surface area (Å²) in [4.78, 5) is 14.8. The molecule has 1 aliphatic heterocycles. The molecule has 8 heteroatoms. The molecule has 0 aromatic carbocycles. The fraction of sp³-hybridized carbons (Fsp3) is 0.632. The highest BCUT2D eigenvalue weighted by molar-refractivity contribution is 5.88. The van der Waals surface area contributed by atoms with E-state index in [-0.39, 0.29) is 12.1 Å². The van der Waals surface area contributed by atoms with Crippen molar-refractivity contribution in [1.29, 1.82) is 0 Å². The first-order valence-corrected chi connectivity index (χ1v) is 9.94. The zero-order valence-corrected chi connectivity index (χ0v) is 16.4. The van der Waals surface area contributed by atoms with Gasteiger partial charge in [0, 0.05) is 56.5 Å². The summed E-state index contributed by atoms with van der Waals surface area (Å²) in [6.45, 7) is 6.70. The van der Waals surface area contributed by atoms with Crippen LogP contribution in [-0.4, -0.2) is 44.7 Å². The molecule has 0 radical (unpaired) electrons. The molecule has 0 spiro atoms. The maximum Gasteiger partial charge on any atom is 0.320 e. The van der Waals surface area contributed by atoms with E-state index in [1.807, 2.05) is 29.4 Å². The van der Waals surface area contributed by atoms with Crippen molar-refractivity contribution in [3.05, 3.63) is 23.5 Å². The third-order valence-corrected chi connectivity index (χ3v) is 5.41. The Morgan fingerprint density at radius 1 is 1.26 bits per heavy atom. The molecule has 4 rings (SSSR count). The predicted octanol–water partition coefficient (Wildman–Crippen LogP) is 2.61. The van der Waals surface area contributed by atoms with E-state index < -0.39 is 0 Å². The van der Waals surface area contributed by atoms with Gasteiger partial charge in [0.1, 0.15) is 5.82 Å². The van der Waals surface area contributed by atoms with E-state index in [4.69, 9.17) is 0 Å². The Morgan fingerprint density at radius 3 is 2.74 bits per heavy atom. The zero-order valence-electron chi connectivity index (χ0n) is 16.4. The second-order valence-electron chi connectivity index (χ2n) is 7.70. The molecule has 146 valence electrons. The molecular formula is C19H29N7O. The van der Waals surface area contributed by atoms with E-state index in [1.165, 1.54) is 18.5 Å². The number of amides is 2. The average Bonchev–Trinajstić information content (AvgIpc) is 3.31. The molecule has 2 fully saturated rings. The Kier molecular flexibility index (Phi) is 4.80. The Bertz CT molecular complexity index is 820. The number of piperidine rings is 1. The minimum absolute atomic E-state index is 0.116. The summed E-state index contributed by atoms with van der Waals surface area (Å²) in [5, 5.41) is 15.0. The average molecular weight is 371 g/mol. The highest BCUT2D eigenvalue weighted by Gasteiger charge is 2.28. The second kappa shape index (κ2) is 7.25. The first kappa shape index (κ1) is 17.9. The largest absolute Gasteiger partial charge is 0.355 e. The van der Waals surface area contributed by atoms with Crippen LogP contribution in [0.2, 0.25) is 0 Å². The number of carbonyl (C=O) groups excluding carboxylic acids is 1. The minimum Gasteiger partial charge on any atom is -0.355 e. The van der Waals surface area contributed by atoms with Crippen LogP contribution in [-0.2, 0) is 13.6 Å². The lowest BCUT2D eigenvalue weighted by Crippen LogP contribution is -2.49. The van der Waals surface area contributed by atoms with E-state index in [2.05, 4.69) is 38.7 Å². The number of aryl methyl sites for hydroxylation is 3. The molecule has 0 bridgehead atoms. The van der Waals surface area contributed by atoms with Gasteiger partial charge in [-0.15, -0.1) is 0 Å². The van der Waals surface area contributed by atoms with Crippen molar-refractivity contribution in [3.63, 3.8) is 0 Å². The van der Waals surface area contributed by atoms with Crippen molar-refractivity contribution >= 4 is 17.7 Å². The Balaban J connectivity index is 1.36. The minimum atomic E-state index is -0.175. The molecule has 1 saturated heterocycles. The van der Waals surface area contributed by atoms with Gasteiger partial charge in [-0.05, 0) is 39.5 Å². The molecular weight excluding hydrogens is 342 g/mol. The van der Waals surface area contributed by atoms with Gasteiger partial charge < -0.3 is 10.2 Å². The lowest BCUT2D eigenvalue weighted by atomic mass is 10.1. The molecule has 1 atom stereocenters. The molecule has 2 N–H and O–H groups in total. The molecule has 1 aliphatic carbocycles. The van der Waals surface area contributed by atoms with Crippen molar-refractivity contribution in [2.24, 2.45) is 7.05 Å². The number of anilines is 2. The first-order valence-electron chi connectivity index (χ1n) is 9.94. The van der Waals surface area contributed by atoms with Gasteiger partial charge in [-0.3, -0.25) is 14.7 Å². The molecule has 2 aromatic rings. The van der Waals surface area contributed by atoms with Crippen LogP contribution in [0.4, 0.5) is 16.4 Å². The molecule has 1 saturated carbocycles. The summed E-state index contributed by atoms with van der Waals surface area (Å²) < 4.78 is 3.91. The summed E-state index contributed by atoms with van der Waals surface area (Å²) >= 11 is 0. The monoisotopic (exact) mass is 371 g/mol. The van der Waals surface area contributed by atoms with E-state index in [1.54, 1.807) is 0 Å². The van der Waals surface area contributed by atoms with Gasteiger partial charge in [0.2, 0.25) is 0 Å². The van der Waals surface area contributed by atoms with E-state index in [0.717, 1.165) is 44.0 Å². The van der Waals surface area contributed by atoms with Gasteiger partial charge in [0.15, 0.2) is 5.82 Å². The van der Waals surface area contributed by atoms with Crippen LogP contribution in [0.5, 0.6) is 0 Å². The number of hydrogen-bond acceptors (Lipinski definition) is 4. The van der Waals surface area contributed by atoms with E-state index >= 15 is 0 Å². The maximum absolute atomic E-state index is 12.5. The first-order chi connectivity index (χ1) is 13.0. The van der Waals surface area contributed by atoms with Crippen LogP contribution in [0.1, 0.15) is 49.9 Å². The molecule has 27 heavy (non-hydrogen) atoms. The van der Waals surface area contributed by atoms with Crippen LogP contribution >= 0.6 is 0 Å². The molecule has 2 aliphatic rings. The fourth-order valence-corrected chi connectivity index (χ4v) is 3.99. The number of urea groups is 1. The molecule has 2 aromatic heterocycles. The van der Waals surface area contributed by atoms with E-state index in [0.29, 0.717) is 11.7 Å². The van der Waals surface area contributed by atoms with Crippen LogP contribution in [0.25, 0.3) is 0 Å². The summed E-state index contributed by atoms with van der Waals surface area (Å²) in [5.74, 6) is 2.37. The Morgan fingerprint density at radius 2 is 2.07 bits per heavy atom. The SMILES string of the molecule is CCn1nc(NC(=O)NC2CCCN(c3cc(C)nn3C)C2)cc1C1CC1. The zero-order chi connectivity index (χ0) is 19.0. The normalized spacial score (nSPS) is 20.0. The van der Waals surface area contributed by atoms with Gasteiger partial charge in [0.25, 0.3) is 0 Å². The smallest absolute Gasteiger partial charge is 0.320 e. The number of hydrogen-bond donors (Lipinski definition) is 2. The number of aromatic nitrogens is 4. The summed E-state index contributed by atoms with van der Waals surface area (Å²) in [5.41, 5.74) is 2.25. The van der Waals surface area contributed by atoms with Crippen molar-refractivity contribution in [3.8, 4) is 0 Å². The van der Waals surface area contributed by atoms with Gasteiger partial charge >= 0.3 is 6.03 Å². The van der Waals surface area contributed by atoms with Gasteiger partial charge in [-0.1, -0.05) is 0 Å². The number of nitrogens with zero attached hydrogens (tertiary/aromatic N) is 5. The standard InChI is InChI=1S/C19H29N7O/c1-4-26-16(14-7-8-14)11-17(23-26)21-19(27)20-15-6-5-9-25(12-15)18-10-13(2)22-24(18)3/h10-11,14-15H,4-9,12H2,1-3H3,(H2,20,21,23,27). The number of nitrogens with one attached hydrogen (secondary N) is 2. The van der Waals surface area contributed by atoms with Crippen molar-refractivity contribution in [2.45, 2.75) is 58.0 Å². The predicted molar refractivity (Wildman–Crippen MR) is 105 cm³/mol. The van der Waals surface area contributed by atoms with Crippen LogP contribution < -0.4 is 15.5 Å². The Labute approximate surface area is 159 Å². The fourth-order valence-electron chi connectivity index (χ4n) is 3.99. The highest BCUT2D eigenvalue weighted by atomic mass is 16.2. The van der Waals surface area contributed by atoms with Crippen molar-refractivity contribution < 1.29 is 4.79 Å². The molecule has 8 nitrogen and oxygen atoms in total. The van der Waals surface area contributed by atoms with E-state index in [9.17, 15) is 4.79 Å². The third-order valence-electron chi connectivity index (χ3n) is 5.41. The second-order valence-corrected chi connectivity index (χ2v) is 7.70. The Hall–Kier alpha value is -2.51. The quantitative estimate of drug-likeness (QED) is 0.847. The number of carbonyl (C=O) groups is 1. The lowest BCUT2D eigenvalue weighted by molar-refractivity contribution is 0.246. The van der Waals surface area contributed by atoms with Crippen molar-refractivity contribution in [1.82, 2.24) is 24.9 Å². The van der Waals surface area contributed by atoms with Crippen LogP contribution in [0.3, 0.4) is 0 Å². The van der Waals surface area contributed by atoms with Crippen molar-refractivity contribution in [2.75, 3.05) is 23.3 Å². The van der Waals surface area contributed by atoms with Gasteiger partial charge in [0.05, 0.1) is 5.69 Å². The summed E-state index contributed by atoms with van der Waals surface area (Å²) in [6.07, 6.45) is 4.48. The highest BCUT2D eigenvalue weighted by Crippen LogP contribution is 2.40. The number of rotatable bonds is 5. The van der Waals surface area contributed by atoms with Crippen LogP contribution in [0, 0.1) is 6.92 Å². The summed E-state index contributed by atoms with van der Waals surface area (Å²) in [6, 6.07) is 4.06. The maximum atomic E-state index is 12.5. The summed E-state index contributed by atoms with van der Waals surface area (Å²) in [7, 11) is 1.97. The molecule has 2 amide bonds. The van der Waals surface area contributed by atoms with Gasteiger partial charge in [-0.2, -0.15) is 10.2 Å². The molecule has 3 heterocycles.